The van der Waals surface area contributed by atoms with E-state index in [1.54, 1.807) is 0 Å². The van der Waals surface area contributed by atoms with Crippen LogP contribution in [0.3, 0.4) is 0 Å². The van der Waals surface area contributed by atoms with Gasteiger partial charge in [-0.05, 0) is 37.3 Å². The Morgan fingerprint density at radius 1 is 1.10 bits per heavy atom. The number of carbonyl (C=O) groups is 1. The van der Waals surface area contributed by atoms with Gasteiger partial charge < -0.3 is 9.30 Å². The smallest absolute Gasteiger partial charge is 0.311 e. The third-order valence-corrected chi connectivity index (χ3v) is 5.39. The molecule has 0 fully saturated rings. The number of benzene rings is 1. The molecule has 0 aliphatic rings. The van der Waals surface area contributed by atoms with Crippen molar-refractivity contribution >= 4 is 33.7 Å². The number of esters is 1. The van der Waals surface area contributed by atoms with E-state index in [2.05, 4.69) is 35.8 Å². The van der Waals surface area contributed by atoms with Gasteiger partial charge in [-0.25, -0.2) is 9.97 Å². The average molecular weight is 407 g/mol. The molecule has 0 amide bonds. The molecule has 0 spiro atoms. The minimum Gasteiger partial charge on any atom is -0.424 e. The van der Waals surface area contributed by atoms with Crippen LogP contribution >= 0.6 is 0 Å². The topological polar surface area (TPSA) is 61.4 Å². The van der Waals surface area contributed by atoms with E-state index in [9.17, 15) is 4.79 Å². The first-order chi connectivity index (χ1) is 14.5. The summed E-state index contributed by atoms with van der Waals surface area (Å²) < 4.78 is 10.1. The highest BCUT2D eigenvalue weighted by Gasteiger charge is 2.22. The summed E-state index contributed by atoms with van der Waals surface area (Å²) in [5, 5.41) is 0.819. The predicted molar refractivity (Wildman–Crippen MR) is 120 cm³/mol. The molecule has 0 saturated carbocycles. The molecule has 0 N–H and O–H groups in total. The van der Waals surface area contributed by atoms with Gasteiger partial charge in [0.1, 0.15) is 16.9 Å². The molecular weight excluding hydrogens is 376 g/mol. The fourth-order valence-corrected chi connectivity index (χ4v) is 3.89. The van der Waals surface area contributed by atoms with Crippen molar-refractivity contribution in [1.29, 1.82) is 0 Å². The molecule has 3 aromatic heterocycles. The van der Waals surface area contributed by atoms with Crippen molar-refractivity contribution in [2.45, 2.75) is 66.3 Å². The highest BCUT2D eigenvalue weighted by atomic mass is 16.5. The third-order valence-electron chi connectivity index (χ3n) is 5.39. The van der Waals surface area contributed by atoms with Crippen molar-refractivity contribution in [3.8, 4) is 5.75 Å². The van der Waals surface area contributed by atoms with Gasteiger partial charge in [0, 0.05) is 25.6 Å². The Balaban J connectivity index is 2.01. The molecule has 0 aliphatic heterocycles. The van der Waals surface area contributed by atoms with E-state index in [1.807, 2.05) is 31.3 Å². The number of hydrogen-bond acceptors (Lipinski definition) is 4. The van der Waals surface area contributed by atoms with Crippen molar-refractivity contribution in [2.75, 3.05) is 0 Å². The van der Waals surface area contributed by atoms with E-state index in [4.69, 9.17) is 14.7 Å². The number of hydrogen-bond donors (Lipinski definition) is 0. The number of ether oxygens (including phenoxy) is 1. The molecule has 6 heteroatoms. The predicted octanol–water partition coefficient (Wildman–Crippen LogP) is 5.54. The maximum Gasteiger partial charge on any atom is 0.311 e. The number of rotatable bonds is 8. The van der Waals surface area contributed by atoms with Gasteiger partial charge >= 0.3 is 5.97 Å². The zero-order valence-electron chi connectivity index (χ0n) is 18.3. The minimum atomic E-state index is -0.215. The maximum atomic E-state index is 12.3. The van der Waals surface area contributed by atoms with Crippen LogP contribution in [0.5, 0.6) is 5.75 Å². The Morgan fingerprint density at radius 3 is 2.63 bits per heavy atom. The molecule has 30 heavy (non-hydrogen) atoms. The molecule has 0 aliphatic carbocycles. The molecule has 0 radical (unpaired) electrons. The Labute approximate surface area is 176 Å². The van der Waals surface area contributed by atoms with E-state index >= 15 is 0 Å². The first kappa shape index (κ1) is 20.4. The molecule has 4 rings (SSSR count). The zero-order chi connectivity index (χ0) is 21.3. The van der Waals surface area contributed by atoms with Gasteiger partial charge in [0.15, 0.2) is 11.4 Å². The number of para-hydroxylation sites is 2. The molecule has 6 nitrogen and oxygen atoms in total. The lowest BCUT2D eigenvalue weighted by atomic mass is 10.1. The number of aromatic nitrogens is 4. The highest BCUT2D eigenvalue weighted by molar-refractivity contribution is 6.00. The Morgan fingerprint density at radius 2 is 1.90 bits per heavy atom. The summed E-state index contributed by atoms with van der Waals surface area (Å²) in [4.78, 5) is 22.3. The average Bonchev–Trinajstić information content (AvgIpc) is 3.25. The summed E-state index contributed by atoms with van der Waals surface area (Å²) in [7, 11) is 0. The van der Waals surface area contributed by atoms with Gasteiger partial charge in [-0.1, -0.05) is 39.8 Å². The summed E-state index contributed by atoms with van der Waals surface area (Å²) >= 11 is 0. The Kier molecular flexibility index (Phi) is 5.75. The van der Waals surface area contributed by atoms with Gasteiger partial charge in [0.25, 0.3) is 0 Å². The Bertz CT molecular complexity index is 1200. The van der Waals surface area contributed by atoms with E-state index in [-0.39, 0.29) is 5.97 Å². The molecule has 0 unspecified atom stereocenters. The second-order valence-corrected chi connectivity index (χ2v) is 8.33. The zero-order valence-corrected chi connectivity index (χ0v) is 18.3. The van der Waals surface area contributed by atoms with Crippen molar-refractivity contribution in [1.82, 2.24) is 18.9 Å². The van der Waals surface area contributed by atoms with Crippen molar-refractivity contribution in [2.24, 2.45) is 5.92 Å². The summed E-state index contributed by atoms with van der Waals surface area (Å²) in [6, 6.07) is 8.10. The fourth-order valence-electron chi connectivity index (χ4n) is 3.89. The fraction of sp³-hybridized carbons (Fsp3) is 0.458. The van der Waals surface area contributed by atoms with Crippen LogP contribution in [0.15, 0.2) is 30.5 Å². The first-order valence-electron chi connectivity index (χ1n) is 11.0. The number of imidazole rings is 1. The maximum absolute atomic E-state index is 12.3. The van der Waals surface area contributed by atoms with E-state index in [0.717, 1.165) is 65.8 Å². The quantitative estimate of drug-likeness (QED) is 0.360. The second kappa shape index (κ2) is 8.46. The summed E-state index contributed by atoms with van der Waals surface area (Å²) in [5.74, 6) is 1.90. The first-order valence-corrected chi connectivity index (χ1v) is 11.0. The number of nitrogens with zero attached hydrogens (tertiary/aromatic N) is 4. The Hall–Kier alpha value is -2.89. The molecular formula is C24H30N4O2. The van der Waals surface area contributed by atoms with E-state index < -0.39 is 0 Å². The number of fused-ring (bicyclic) bond motifs is 5. The molecule has 0 bridgehead atoms. The molecule has 4 aromatic rings. The number of carbonyl (C=O) groups excluding carboxylic acids is 1. The van der Waals surface area contributed by atoms with Crippen LogP contribution < -0.4 is 4.74 Å². The molecule has 0 atom stereocenters. The lowest BCUT2D eigenvalue weighted by Crippen LogP contribution is -2.07. The van der Waals surface area contributed by atoms with Gasteiger partial charge in [-0.3, -0.25) is 9.20 Å². The molecule has 1 aromatic carbocycles. The van der Waals surface area contributed by atoms with E-state index in [0.29, 0.717) is 18.1 Å². The summed E-state index contributed by atoms with van der Waals surface area (Å²) in [5.41, 5.74) is 3.62. The minimum absolute atomic E-state index is 0.215. The summed E-state index contributed by atoms with van der Waals surface area (Å²) in [6.45, 7) is 9.39. The van der Waals surface area contributed by atoms with Crippen LogP contribution in [-0.2, 0) is 17.8 Å². The lowest BCUT2D eigenvalue weighted by Gasteiger charge is -2.10. The molecule has 3 heterocycles. The normalized spacial score (nSPS) is 11.9. The second-order valence-electron chi connectivity index (χ2n) is 8.33. The lowest BCUT2D eigenvalue weighted by molar-refractivity contribution is -0.134. The monoisotopic (exact) mass is 406 g/mol. The molecule has 158 valence electrons. The van der Waals surface area contributed by atoms with Crippen molar-refractivity contribution in [3.63, 3.8) is 0 Å². The van der Waals surface area contributed by atoms with E-state index in [1.165, 1.54) is 0 Å². The summed E-state index contributed by atoms with van der Waals surface area (Å²) in [6.07, 6.45) is 5.96. The van der Waals surface area contributed by atoms with Gasteiger partial charge in [0.05, 0.1) is 11.0 Å². The van der Waals surface area contributed by atoms with Crippen LogP contribution in [0.2, 0.25) is 0 Å². The standard InChI is InChI=1S/C24H30N4O2/c1-5-9-20-26-23-22(24-25-17-11-7-8-12-18(17)28(20)24)19(30-21(29)10-6-2)15-27(23)14-13-16(3)4/h7-8,11-12,15-16H,5-6,9-10,13-14H2,1-4H3. The SMILES string of the molecule is CCCC(=O)Oc1cn(CCC(C)C)c2nc(CCC)n3c4ccccc4nc3c12. The van der Waals surface area contributed by atoms with Crippen molar-refractivity contribution in [3.05, 3.63) is 36.3 Å². The van der Waals surface area contributed by atoms with Crippen molar-refractivity contribution < 1.29 is 9.53 Å². The largest absolute Gasteiger partial charge is 0.424 e. The molecule has 0 saturated heterocycles. The van der Waals surface area contributed by atoms with Crippen LogP contribution in [-0.4, -0.2) is 24.9 Å². The van der Waals surface area contributed by atoms with Gasteiger partial charge in [-0.15, -0.1) is 0 Å². The van der Waals surface area contributed by atoms with Gasteiger partial charge in [-0.2, -0.15) is 0 Å². The van der Waals surface area contributed by atoms with Gasteiger partial charge in [0.2, 0.25) is 0 Å². The highest BCUT2D eigenvalue weighted by Crippen LogP contribution is 2.34. The number of aryl methyl sites for hydroxylation is 2. The van der Waals surface area contributed by atoms with Crippen LogP contribution in [0.1, 0.15) is 59.2 Å². The van der Waals surface area contributed by atoms with Crippen LogP contribution in [0.25, 0.3) is 27.7 Å². The van der Waals surface area contributed by atoms with Crippen LogP contribution in [0, 0.1) is 5.92 Å². The van der Waals surface area contributed by atoms with Crippen LogP contribution in [0.4, 0.5) is 0 Å². The third kappa shape index (κ3) is 3.66.